The largest absolute Gasteiger partial charge is 0.481 e. The van der Waals surface area contributed by atoms with Crippen molar-refractivity contribution >= 4 is 82.9 Å². The number of carboxylic acids is 2. The number of aliphatic imine (C=N–C) groups is 1. The molecule has 0 aliphatic carbocycles. The molecule has 1 aromatic rings. The van der Waals surface area contributed by atoms with Crippen molar-refractivity contribution in [2.75, 3.05) is 32.7 Å². The summed E-state index contributed by atoms with van der Waals surface area (Å²) in [5, 5.41) is 54.6. The van der Waals surface area contributed by atoms with Crippen molar-refractivity contribution in [3.8, 4) is 0 Å². The van der Waals surface area contributed by atoms with Crippen LogP contribution in [0.15, 0.2) is 35.3 Å². The topological polar surface area (TPSA) is 571 Å². The molecular weight excluding hydrogens is 1170 g/mol. The maximum atomic E-state index is 14.2. The number of nitrogens with one attached hydrogen (secondary N) is 10. The molecule has 0 aromatic heterocycles. The zero-order chi connectivity index (χ0) is 67.3. The Morgan fingerprint density at radius 3 is 1.44 bits per heavy atom. The first-order valence-electron chi connectivity index (χ1n) is 29.6. The minimum absolute atomic E-state index is 0.0134. The van der Waals surface area contributed by atoms with Crippen LogP contribution in [0.1, 0.15) is 124 Å². The molecule has 25 N–H and O–H groups in total. The number of aliphatic hydroxyl groups is 1. The van der Waals surface area contributed by atoms with Gasteiger partial charge in [0.1, 0.15) is 48.3 Å². The molecule has 0 saturated heterocycles. The van der Waals surface area contributed by atoms with Gasteiger partial charge in [-0.25, -0.2) is 4.79 Å². The third-order valence-electron chi connectivity index (χ3n) is 13.9. The number of nitrogens with two attached hydrogens (primary N) is 6. The fraction of sp³-hybridized carbons (Fsp3) is 0.643. The van der Waals surface area contributed by atoms with Crippen LogP contribution in [-0.4, -0.2) is 191 Å². The van der Waals surface area contributed by atoms with Crippen LogP contribution in [-0.2, 0) is 68.7 Å². The molecule has 0 heterocycles. The summed E-state index contributed by atoms with van der Waals surface area (Å²) >= 11 is 0. The van der Waals surface area contributed by atoms with Crippen molar-refractivity contribution in [3.63, 3.8) is 0 Å². The van der Waals surface area contributed by atoms with E-state index in [9.17, 15) is 77.6 Å². The van der Waals surface area contributed by atoms with Gasteiger partial charge < -0.3 is 103 Å². The number of carboxylic acid groups (broad SMARTS) is 2. The Hall–Kier alpha value is -8.56. The summed E-state index contributed by atoms with van der Waals surface area (Å²) in [6.07, 6.45) is -1.69. The van der Waals surface area contributed by atoms with E-state index in [-0.39, 0.29) is 83.4 Å². The van der Waals surface area contributed by atoms with Gasteiger partial charge in [0, 0.05) is 19.4 Å². The number of benzene rings is 1. The van der Waals surface area contributed by atoms with Crippen molar-refractivity contribution in [1.29, 1.82) is 0 Å². The Morgan fingerprint density at radius 1 is 0.506 bits per heavy atom. The second-order valence-corrected chi connectivity index (χ2v) is 21.8. The summed E-state index contributed by atoms with van der Waals surface area (Å²) in [4.78, 5) is 175. The Morgan fingerprint density at radius 2 is 0.955 bits per heavy atom. The summed E-state index contributed by atoms with van der Waals surface area (Å²) in [6, 6.07) is -4.09. The molecule has 0 spiro atoms. The lowest BCUT2D eigenvalue weighted by molar-refractivity contribution is -0.142. The number of hydrogen-bond donors (Lipinski definition) is 19. The monoisotopic (exact) mass is 1260 g/mol. The lowest BCUT2D eigenvalue weighted by Gasteiger charge is -2.30. The minimum atomic E-state index is -1.77. The molecule has 1 aromatic carbocycles. The predicted molar refractivity (Wildman–Crippen MR) is 324 cm³/mol. The van der Waals surface area contributed by atoms with E-state index < -0.39 is 175 Å². The highest BCUT2D eigenvalue weighted by molar-refractivity contribution is 5.98. The van der Waals surface area contributed by atoms with Gasteiger partial charge in [-0.1, -0.05) is 64.4 Å². The number of nitrogens with zero attached hydrogens (tertiary/aromatic N) is 1. The van der Waals surface area contributed by atoms with Crippen molar-refractivity contribution in [3.05, 3.63) is 35.9 Å². The number of aliphatic hydroxyl groups excluding tert-OH is 1. The molecule has 0 bridgehead atoms. The van der Waals surface area contributed by atoms with Crippen molar-refractivity contribution in [2.45, 2.75) is 185 Å². The molecule has 0 fully saturated rings. The van der Waals surface area contributed by atoms with E-state index in [2.05, 4.69) is 58.2 Å². The third-order valence-corrected chi connectivity index (χ3v) is 13.9. The molecule has 33 heteroatoms. The van der Waals surface area contributed by atoms with Crippen molar-refractivity contribution < 1.29 is 77.6 Å². The highest BCUT2D eigenvalue weighted by Crippen LogP contribution is 2.14. The smallest absolute Gasteiger partial charge is 0.326 e. The molecule has 0 saturated carbocycles. The molecule has 0 aliphatic heterocycles. The van der Waals surface area contributed by atoms with Crippen LogP contribution in [0.25, 0.3) is 0 Å². The average molecular weight is 1260 g/mol. The summed E-state index contributed by atoms with van der Waals surface area (Å²) in [6.45, 7) is 6.55. The van der Waals surface area contributed by atoms with Gasteiger partial charge in [-0.15, -0.1) is 0 Å². The fourth-order valence-corrected chi connectivity index (χ4v) is 8.60. The van der Waals surface area contributed by atoms with Crippen molar-refractivity contribution in [1.82, 2.24) is 53.2 Å². The molecule has 33 nitrogen and oxygen atoms in total. The number of carbonyl (C=O) groups is 13. The van der Waals surface area contributed by atoms with Crippen LogP contribution in [0.5, 0.6) is 0 Å². The second kappa shape index (κ2) is 42.3. The number of hydrogen-bond acceptors (Lipinski definition) is 18. The van der Waals surface area contributed by atoms with Crippen LogP contribution in [0.2, 0.25) is 0 Å². The first kappa shape index (κ1) is 78.5. The molecular formula is C56H95N17O16. The predicted octanol–water partition coefficient (Wildman–Crippen LogP) is -5.72. The van der Waals surface area contributed by atoms with Crippen LogP contribution in [0.3, 0.4) is 0 Å². The number of primary amides is 1. The standard InChI is InChI=1S/C56H95N17O16/c1-6-31(4)45(53(86)67-35(17-10-12-24-57)49(82)70-39(55(88)89)19-14-26-63-56(61)62)73-51(84)38(21-23-43(78)79)69-52(85)44(30(2)3)72-50(83)36(18-11-13-25-58)68-54(87)46(32(5)74)71-42(77)29-65-48(81)37(20-22-40(60)75)66-41(76)28-64-47(80)34(59)27-33-15-8-7-9-16-33/h7-9,15-16,30-32,34-39,44-46,74H,6,10-14,17-29,57-59H2,1-5H3,(H2,60,75)(H,64,80)(H,65,81)(H,66,76)(H,67,86)(H,68,87)(H,69,85)(H,70,82)(H,71,77)(H,72,83)(H,73,84)(H,78,79)(H,88,89)(H4,61,62,63)/t31-,32+,34-,35-,36-,37-,38-,39-,44-,45-,46-/m0/s1. The van der Waals surface area contributed by atoms with Gasteiger partial charge in [-0.2, -0.15) is 0 Å². The van der Waals surface area contributed by atoms with Crippen LogP contribution in [0, 0.1) is 11.8 Å². The zero-order valence-corrected chi connectivity index (χ0v) is 51.3. The Kier molecular flexibility index (Phi) is 37.3. The lowest BCUT2D eigenvalue weighted by Crippen LogP contribution is -2.62. The second-order valence-electron chi connectivity index (χ2n) is 21.8. The molecule has 89 heavy (non-hydrogen) atoms. The van der Waals surface area contributed by atoms with Crippen LogP contribution in [0.4, 0.5) is 0 Å². The number of rotatable bonds is 45. The van der Waals surface area contributed by atoms with Gasteiger partial charge in [-0.3, -0.25) is 62.5 Å². The minimum Gasteiger partial charge on any atom is -0.481 e. The number of amides is 11. The van der Waals surface area contributed by atoms with Gasteiger partial charge in [0.05, 0.1) is 25.2 Å². The SMILES string of the molecule is CC[C@H](C)[C@H](NC(=O)[C@H](CCC(=O)O)NC(=O)[C@@H](NC(=O)[C@H](CCCCN)NC(=O)[C@@H](NC(=O)CNC(=O)[C@H](CCC(N)=O)NC(=O)CNC(=O)[C@@H](N)Cc1ccccc1)[C@@H](C)O)C(C)C)C(=O)N[C@@H](CCCCN)C(=O)N[C@@H](CCCN=C(N)N)C(=O)O. The van der Waals surface area contributed by atoms with Crippen LogP contribution >= 0.6 is 0 Å². The zero-order valence-electron chi connectivity index (χ0n) is 51.3. The summed E-state index contributed by atoms with van der Waals surface area (Å²) in [5.74, 6) is -14.4. The fourth-order valence-electron chi connectivity index (χ4n) is 8.60. The first-order valence-corrected chi connectivity index (χ1v) is 29.6. The molecule has 11 amide bonds. The van der Waals surface area contributed by atoms with Crippen LogP contribution < -0.4 is 87.6 Å². The Labute approximate surface area is 517 Å². The molecule has 500 valence electrons. The third kappa shape index (κ3) is 31.8. The van der Waals surface area contributed by atoms with E-state index in [1.54, 1.807) is 44.2 Å². The molecule has 0 radical (unpaired) electrons. The number of guanidine groups is 1. The Balaban J connectivity index is 3.32. The number of unbranched alkanes of at least 4 members (excludes halogenated alkanes) is 2. The van der Waals surface area contributed by atoms with Gasteiger partial charge >= 0.3 is 11.9 Å². The lowest BCUT2D eigenvalue weighted by atomic mass is 9.96. The molecule has 0 unspecified atom stereocenters. The van der Waals surface area contributed by atoms with Gasteiger partial charge in [0.15, 0.2) is 5.96 Å². The van der Waals surface area contributed by atoms with E-state index in [1.807, 2.05) is 0 Å². The number of carbonyl (C=O) groups excluding carboxylic acids is 11. The number of aliphatic carboxylic acids is 2. The Bertz CT molecular complexity index is 2540. The van der Waals surface area contributed by atoms with E-state index in [1.165, 1.54) is 13.8 Å². The van der Waals surface area contributed by atoms with E-state index in [0.717, 1.165) is 12.5 Å². The van der Waals surface area contributed by atoms with E-state index in [0.29, 0.717) is 19.3 Å². The van der Waals surface area contributed by atoms with Gasteiger partial charge in [0.25, 0.3) is 0 Å². The molecule has 0 aliphatic rings. The molecule has 11 atom stereocenters. The average Bonchev–Trinajstić information content (AvgIpc) is 2.02. The summed E-state index contributed by atoms with van der Waals surface area (Å²) < 4.78 is 0. The van der Waals surface area contributed by atoms with Crippen molar-refractivity contribution in [2.24, 2.45) is 51.2 Å². The van der Waals surface area contributed by atoms with Gasteiger partial charge in [-0.05, 0) is 108 Å². The van der Waals surface area contributed by atoms with Gasteiger partial charge in [0.2, 0.25) is 65.0 Å². The summed E-state index contributed by atoms with van der Waals surface area (Å²) in [7, 11) is 0. The molecule has 1 rings (SSSR count). The first-order chi connectivity index (χ1) is 41.9. The highest BCUT2D eigenvalue weighted by atomic mass is 16.4. The summed E-state index contributed by atoms with van der Waals surface area (Å²) in [5.41, 5.74) is 34.1. The quantitative estimate of drug-likeness (QED) is 0.0164. The van der Waals surface area contributed by atoms with E-state index >= 15 is 0 Å². The maximum absolute atomic E-state index is 14.2. The maximum Gasteiger partial charge on any atom is 0.326 e. The van der Waals surface area contributed by atoms with E-state index in [4.69, 9.17) is 34.4 Å². The highest BCUT2D eigenvalue weighted by Gasteiger charge is 2.37. The normalized spacial score (nSPS) is 14.7.